The van der Waals surface area contributed by atoms with Gasteiger partial charge < -0.3 is 10.1 Å². The molecule has 1 aliphatic rings. The van der Waals surface area contributed by atoms with Crippen molar-refractivity contribution in [1.29, 1.82) is 0 Å². The van der Waals surface area contributed by atoms with Crippen LogP contribution in [-0.4, -0.2) is 48.8 Å². The number of aromatic nitrogens is 1. The summed E-state index contributed by atoms with van der Waals surface area (Å²) in [7, 11) is 0. The number of rotatable bonds is 5. The van der Waals surface area contributed by atoms with E-state index in [0.717, 1.165) is 31.9 Å². The van der Waals surface area contributed by atoms with Crippen LogP contribution >= 0.6 is 0 Å². The van der Waals surface area contributed by atoms with E-state index >= 15 is 0 Å². The van der Waals surface area contributed by atoms with Crippen LogP contribution in [0.2, 0.25) is 0 Å². The maximum Gasteiger partial charge on any atom is 0.137 e. The Hall–Kier alpha value is -1.20. The predicted molar refractivity (Wildman–Crippen MR) is 67.2 cm³/mol. The molecule has 0 saturated carbocycles. The van der Waals surface area contributed by atoms with E-state index in [9.17, 15) is 4.39 Å². The van der Waals surface area contributed by atoms with Gasteiger partial charge in [-0.15, -0.1) is 0 Å². The van der Waals surface area contributed by atoms with E-state index in [2.05, 4.69) is 22.1 Å². The maximum atomic E-state index is 11.9. The monoisotopic (exact) mass is 254 g/mol. The Morgan fingerprint density at radius 1 is 1.56 bits per heavy atom. The van der Waals surface area contributed by atoms with Gasteiger partial charge in [0.05, 0.1) is 31.0 Å². The molecule has 4 nitrogen and oxygen atoms in total. The SMILES string of the molecule is CC1CN(Cc2ccc(OCCF)cn2)CC[NH2+]1. The fourth-order valence-corrected chi connectivity index (χ4v) is 2.23. The van der Waals surface area contributed by atoms with Crippen molar-refractivity contribution in [3.63, 3.8) is 0 Å². The van der Waals surface area contributed by atoms with E-state index in [-0.39, 0.29) is 6.61 Å². The minimum Gasteiger partial charge on any atom is -0.489 e. The molecule has 1 aromatic heterocycles. The first-order chi connectivity index (χ1) is 8.78. The van der Waals surface area contributed by atoms with Gasteiger partial charge >= 0.3 is 0 Å². The van der Waals surface area contributed by atoms with Crippen LogP contribution in [0.25, 0.3) is 0 Å². The number of alkyl halides is 1. The van der Waals surface area contributed by atoms with Crippen LogP contribution in [-0.2, 0) is 6.54 Å². The second-order valence-corrected chi connectivity index (χ2v) is 4.76. The van der Waals surface area contributed by atoms with Crippen molar-refractivity contribution in [2.75, 3.05) is 32.9 Å². The topological polar surface area (TPSA) is 42.0 Å². The van der Waals surface area contributed by atoms with Crippen molar-refractivity contribution < 1.29 is 14.4 Å². The Balaban J connectivity index is 1.85. The Kier molecular flexibility index (Phi) is 4.90. The highest BCUT2D eigenvalue weighted by Crippen LogP contribution is 2.11. The molecule has 18 heavy (non-hydrogen) atoms. The number of nitrogens with zero attached hydrogens (tertiary/aromatic N) is 2. The second kappa shape index (κ2) is 6.66. The fraction of sp³-hybridized carbons (Fsp3) is 0.615. The molecular weight excluding hydrogens is 233 g/mol. The molecular formula is C13H21FN3O+. The van der Waals surface area contributed by atoms with Gasteiger partial charge in [0, 0.05) is 13.1 Å². The third-order valence-electron chi connectivity index (χ3n) is 3.09. The molecule has 1 saturated heterocycles. The van der Waals surface area contributed by atoms with Crippen LogP contribution in [0.5, 0.6) is 5.75 Å². The second-order valence-electron chi connectivity index (χ2n) is 4.76. The number of piperazine rings is 1. The lowest BCUT2D eigenvalue weighted by molar-refractivity contribution is -0.695. The summed E-state index contributed by atoms with van der Waals surface area (Å²) in [5, 5.41) is 2.37. The number of nitrogens with two attached hydrogens (primary N) is 1. The van der Waals surface area contributed by atoms with Crippen LogP contribution in [0.1, 0.15) is 12.6 Å². The molecule has 1 fully saturated rings. The number of halogens is 1. The Morgan fingerprint density at radius 3 is 3.11 bits per heavy atom. The maximum absolute atomic E-state index is 11.9. The number of ether oxygens (including phenoxy) is 1. The summed E-state index contributed by atoms with van der Waals surface area (Å²) < 4.78 is 17.1. The van der Waals surface area contributed by atoms with E-state index in [0.29, 0.717) is 11.8 Å². The lowest BCUT2D eigenvalue weighted by Crippen LogP contribution is -2.94. The molecule has 5 heteroatoms. The zero-order chi connectivity index (χ0) is 12.8. The molecule has 0 spiro atoms. The zero-order valence-corrected chi connectivity index (χ0v) is 10.8. The number of hydrogen-bond donors (Lipinski definition) is 1. The van der Waals surface area contributed by atoms with Crippen LogP contribution in [0.3, 0.4) is 0 Å². The number of hydrogen-bond acceptors (Lipinski definition) is 3. The first kappa shape index (κ1) is 13.2. The minimum absolute atomic E-state index is 0.0977. The Labute approximate surface area is 107 Å². The summed E-state index contributed by atoms with van der Waals surface area (Å²) in [6, 6.07) is 4.47. The van der Waals surface area contributed by atoms with Gasteiger partial charge in [0.25, 0.3) is 0 Å². The lowest BCUT2D eigenvalue weighted by atomic mass is 10.2. The van der Waals surface area contributed by atoms with Gasteiger partial charge in [-0.2, -0.15) is 0 Å². The van der Waals surface area contributed by atoms with Gasteiger partial charge in [0.2, 0.25) is 0 Å². The molecule has 1 atom stereocenters. The summed E-state index contributed by atoms with van der Waals surface area (Å²) in [6.07, 6.45) is 1.67. The highest BCUT2D eigenvalue weighted by molar-refractivity contribution is 5.19. The molecule has 1 aromatic rings. The lowest BCUT2D eigenvalue weighted by Gasteiger charge is -2.28. The van der Waals surface area contributed by atoms with Crippen molar-refractivity contribution in [3.8, 4) is 5.75 Å². The molecule has 2 rings (SSSR count). The first-order valence-corrected chi connectivity index (χ1v) is 6.47. The van der Waals surface area contributed by atoms with Gasteiger partial charge in [0.15, 0.2) is 0 Å². The highest BCUT2D eigenvalue weighted by Gasteiger charge is 2.18. The largest absolute Gasteiger partial charge is 0.489 e. The summed E-state index contributed by atoms with van der Waals surface area (Å²) in [5.41, 5.74) is 1.04. The van der Waals surface area contributed by atoms with E-state index in [4.69, 9.17) is 4.74 Å². The molecule has 0 radical (unpaired) electrons. The molecule has 100 valence electrons. The summed E-state index contributed by atoms with van der Waals surface area (Å²) in [4.78, 5) is 6.76. The predicted octanol–water partition coefficient (Wildman–Crippen LogP) is 0.197. The molecule has 0 aliphatic carbocycles. The standard InChI is InChI=1S/C13H20FN3O/c1-11-9-17(6-5-15-11)10-12-2-3-13(8-16-12)18-7-4-14/h2-3,8,11,15H,4-7,9-10H2,1H3/p+1. The normalized spacial score (nSPS) is 20.9. The smallest absolute Gasteiger partial charge is 0.137 e. The number of quaternary nitrogens is 1. The Bertz CT molecular complexity index is 358. The van der Waals surface area contributed by atoms with Gasteiger partial charge in [-0.3, -0.25) is 9.88 Å². The third-order valence-corrected chi connectivity index (χ3v) is 3.09. The van der Waals surface area contributed by atoms with Gasteiger partial charge in [-0.05, 0) is 19.1 Å². The summed E-state index contributed by atoms with van der Waals surface area (Å²) in [6.45, 7) is 6.10. The average molecular weight is 254 g/mol. The first-order valence-electron chi connectivity index (χ1n) is 6.47. The van der Waals surface area contributed by atoms with Crippen LogP contribution in [0.15, 0.2) is 18.3 Å². The van der Waals surface area contributed by atoms with E-state index in [1.807, 2.05) is 12.1 Å². The van der Waals surface area contributed by atoms with Gasteiger partial charge in [-0.1, -0.05) is 0 Å². The number of pyridine rings is 1. The fourth-order valence-electron chi connectivity index (χ4n) is 2.23. The molecule has 0 aromatic carbocycles. The van der Waals surface area contributed by atoms with Crippen molar-refractivity contribution in [2.24, 2.45) is 0 Å². The van der Waals surface area contributed by atoms with Crippen molar-refractivity contribution >= 4 is 0 Å². The average Bonchev–Trinajstić information content (AvgIpc) is 2.38. The van der Waals surface area contributed by atoms with Crippen LogP contribution in [0.4, 0.5) is 4.39 Å². The zero-order valence-electron chi connectivity index (χ0n) is 10.8. The van der Waals surface area contributed by atoms with Crippen molar-refractivity contribution in [2.45, 2.75) is 19.5 Å². The molecule has 0 bridgehead atoms. The van der Waals surface area contributed by atoms with E-state index < -0.39 is 6.67 Å². The van der Waals surface area contributed by atoms with Crippen LogP contribution < -0.4 is 10.1 Å². The molecule has 2 heterocycles. The van der Waals surface area contributed by atoms with Crippen molar-refractivity contribution in [3.05, 3.63) is 24.0 Å². The molecule has 1 aliphatic heterocycles. The third kappa shape index (κ3) is 3.92. The summed E-state index contributed by atoms with van der Waals surface area (Å²) in [5.74, 6) is 0.636. The quantitative estimate of drug-likeness (QED) is 0.816. The molecule has 2 N–H and O–H groups in total. The van der Waals surface area contributed by atoms with Gasteiger partial charge in [-0.25, -0.2) is 4.39 Å². The molecule has 0 amide bonds. The van der Waals surface area contributed by atoms with Crippen LogP contribution in [0, 0.1) is 0 Å². The minimum atomic E-state index is -0.468. The summed E-state index contributed by atoms with van der Waals surface area (Å²) >= 11 is 0. The van der Waals surface area contributed by atoms with E-state index in [1.165, 1.54) is 0 Å². The Morgan fingerprint density at radius 2 is 2.44 bits per heavy atom. The van der Waals surface area contributed by atoms with Gasteiger partial charge in [0.1, 0.15) is 19.0 Å². The highest BCUT2D eigenvalue weighted by atomic mass is 19.1. The van der Waals surface area contributed by atoms with E-state index in [1.54, 1.807) is 6.20 Å². The molecule has 1 unspecified atom stereocenters. The van der Waals surface area contributed by atoms with Crippen molar-refractivity contribution in [1.82, 2.24) is 9.88 Å².